The second kappa shape index (κ2) is 8.65. The lowest BCUT2D eigenvalue weighted by Crippen LogP contribution is -2.19. The molecule has 0 aliphatic rings. The number of carbonyl (C=O) groups excluding carboxylic acids is 1. The summed E-state index contributed by atoms with van der Waals surface area (Å²) in [6.45, 7) is 1.35. The molecule has 0 heterocycles. The minimum absolute atomic E-state index is 0.0225. The van der Waals surface area contributed by atoms with Gasteiger partial charge in [0.15, 0.2) is 0 Å². The largest absolute Gasteiger partial charge is 0.496 e. The summed E-state index contributed by atoms with van der Waals surface area (Å²) in [6, 6.07) is 6.35. The molecule has 28 heavy (non-hydrogen) atoms. The van der Waals surface area contributed by atoms with Crippen LogP contribution >= 0.6 is 11.6 Å². The molecule has 0 amide bonds. The smallest absolute Gasteiger partial charge is 0.399 e. The summed E-state index contributed by atoms with van der Waals surface area (Å²) in [7, 11) is 2.54. The first-order valence-corrected chi connectivity index (χ1v) is 8.43. The second-order valence-electron chi connectivity index (χ2n) is 5.96. The third kappa shape index (κ3) is 4.84. The van der Waals surface area contributed by atoms with Crippen LogP contribution in [0, 0.1) is 12.7 Å². The van der Waals surface area contributed by atoms with Crippen LogP contribution in [0.1, 0.15) is 33.0 Å². The van der Waals surface area contributed by atoms with Gasteiger partial charge in [0, 0.05) is 0 Å². The van der Waals surface area contributed by atoms with Crippen molar-refractivity contribution in [2.75, 3.05) is 14.2 Å². The predicted molar refractivity (Wildman–Crippen MR) is 98.3 cm³/mol. The van der Waals surface area contributed by atoms with Gasteiger partial charge in [-0.15, -0.1) is 0 Å². The normalized spacial score (nSPS) is 12.9. The molecule has 0 saturated carbocycles. The fourth-order valence-electron chi connectivity index (χ4n) is 2.64. The molecule has 2 aromatic rings. The zero-order chi connectivity index (χ0) is 21.1. The van der Waals surface area contributed by atoms with Gasteiger partial charge in [-0.1, -0.05) is 35.9 Å². The lowest BCUT2D eigenvalue weighted by Gasteiger charge is -2.18. The Kier molecular flexibility index (Phi) is 6.72. The van der Waals surface area contributed by atoms with E-state index >= 15 is 0 Å². The molecule has 0 bridgehead atoms. The number of esters is 1. The van der Waals surface area contributed by atoms with Gasteiger partial charge in [-0.3, -0.25) is 0 Å². The van der Waals surface area contributed by atoms with Crippen LogP contribution in [0.25, 0.3) is 6.08 Å². The Bertz CT molecular complexity index is 884. The topological polar surface area (TPSA) is 35.5 Å². The van der Waals surface area contributed by atoms with E-state index in [0.29, 0.717) is 5.56 Å². The van der Waals surface area contributed by atoms with Crippen molar-refractivity contribution < 1.29 is 31.8 Å². The fourth-order valence-corrected chi connectivity index (χ4v) is 2.91. The molecule has 0 fully saturated rings. The van der Waals surface area contributed by atoms with Gasteiger partial charge >= 0.3 is 12.1 Å². The van der Waals surface area contributed by atoms with Gasteiger partial charge in [-0.05, 0) is 41.8 Å². The third-order valence-corrected chi connectivity index (χ3v) is 4.33. The van der Waals surface area contributed by atoms with Gasteiger partial charge in [0.25, 0.3) is 0 Å². The molecule has 8 heteroatoms. The molecule has 0 radical (unpaired) electrons. The van der Waals surface area contributed by atoms with Crippen LogP contribution in [0.2, 0.25) is 5.02 Å². The Morgan fingerprint density at radius 1 is 1.18 bits per heavy atom. The number of allylic oxidation sites excluding steroid dienone is 1. The number of halogens is 5. The molecule has 0 aromatic heterocycles. The number of carbonyl (C=O) groups is 1. The first kappa shape index (κ1) is 21.8. The van der Waals surface area contributed by atoms with Crippen molar-refractivity contribution in [3.8, 4) is 5.75 Å². The molecule has 0 spiro atoms. The molecule has 1 unspecified atom stereocenters. The van der Waals surface area contributed by atoms with Gasteiger partial charge in [0.2, 0.25) is 0 Å². The van der Waals surface area contributed by atoms with Crippen LogP contribution in [0.4, 0.5) is 17.6 Å². The number of hydrogen-bond acceptors (Lipinski definition) is 3. The van der Waals surface area contributed by atoms with Gasteiger partial charge in [-0.2, -0.15) is 13.2 Å². The first-order valence-electron chi connectivity index (χ1n) is 8.05. The maximum Gasteiger partial charge on any atom is 0.399 e. The molecular formula is C20H17ClF4O3. The Labute approximate surface area is 164 Å². The highest BCUT2D eigenvalue weighted by atomic mass is 35.5. The molecule has 2 aromatic carbocycles. The summed E-state index contributed by atoms with van der Waals surface area (Å²) >= 11 is 5.70. The van der Waals surface area contributed by atoms with E-state index in [1.54, 1.807) is 0 Å². The van der Waals surface area contributed by atoms with E-state index < -0.39 is 23.9 Å². The maximum absolute atomic E-state index is 13.7. The molecule has 150 valence electrons. The zero-order valence-electron chi connectivity index (χ0n) is 15.2. The van der Waals surface area contributed by atoms with Crippen LogP contribution in [0.5, 0.6) is 5.75 Å². The summed E-state index contributed by atoms with van der Waals surface area (Å²) in [4.78, 5) is 11.7. The molecule has 0 saturated heterocycles. The Morgan fingerprint density at radius 2 is 1.86 bits per heavy atom. The van der Waals surface area contributed by atoms with E-state index in [0.717, 1.165) is 18.2 Å². The van der Waals surface area contributed by atoms with Crippen LogP contribution < -0.4 is 4.74 Å². The van der Waals surface area contributed by atoms with Crippen molar-refractivity contribution in [2.45, 2.75) is 19.0 Å². The Morgan fingerprint density at radius 3 is 2.39 bits per heavy atom. The number of hydrogen-bond donors (Lipinski definition) is 0. The number of alkyl halides is 3. The second-order valence-corrected chi connectivity index (χ2v) is 6.37. The van der Waals surface area contributed by atoms with Gasteiger partial charge in [0.1, 0.15) is 17.1 Å². The summed E-state index contributed by atoms with van der Waals surface area (Å²) < 4.78 is 64.1. The highest BCUT2D eigenvalue weighted by Gasteiger charge is 2.39. The summed E-state index contributed by atoms with van der Waals surface area (Å²) in [5.41, 5.74) is 0.374. The van der Waals surface area contributed by atoms with E-state index in [9.17, 15) is 22.4 Å². The number of methoxy groups -OCH3 is 2. The summed E-state index contributed by atoms with van der Waals surface area (Å²) in [6.07, 6.45) is -2.43. The van der Waals surface area contributed by atoms with Gasteiger partial charge in [0.05, 0.1) is 25.2 Å². The quantitative estimate of drug-likeness (QED) is 0.447. The van der Waals surface area contributed by atoms with Crippen LogP contribution in [-0.2, 0) is 4.74 Å². The highest BCUT2D eigenvalue weighted by Crippen LogP contribution is 2.38. The van der Waals surface area contributed by atoms with Crippen LogP contribution in [-0.4, -0.2) is 26.4 Å². The minimum atomic E-state index is -4.61. The average Bonchev–Trinajstić information content (AvgIpc) is 2.64. The minimum Gasteiger partial charge on any atom is -0.496 e. The van der Waals surface area contributed by atoms with Crippen molar-refractivity contribution in [1.29, 1.82) is 0 Å². The van der Waals surface area contributed by atoms with E-state index in [2.05, 4.69) is 4.74 Å². The predicted octanol–water partition coefficient (Wildman–Crippen LogP) is 5.94. The van der Waals surface area contributed by atoms with Crippen molar-refractivity contribution in [2.24, 2.45) is 0 Å². The van der Waals surface area contributed by atoms with Crippen molar-refractivity contribution in [3.05, 3.63) is 69.5 Å². The SMILES string of the molecule is COC(=O)c1ccc(/C=C/C(c2cc(C)c(F)c(Cl)c2)C(F)(F)F)cc1OC. The highest BCUT2D eigenvalue weighted by molar-refractivity contribution is 6.30. The van der Waals surface area contributed by atoms with E-state index in [4.69, 9.17) is 16.3 Å². The van der Waals surface area contributed by atoms with Crippen molar-refractivity contribution in [1.82, 2.24) is 0 Å². The monoisotopic (exact) mass is 416 g/mol. The number of rotatable bonds is 5. The van der Waals surface area contributed by atoms with E-state index in [1.807, 2.05) is 0 Å². The molecule has 1 atom stereocenters. The Hall–Kier alpha value is -2.54. The average molecular weight is 417 g/mol. The molecule has 0 aliphatic heterocycles. The first-order chi connectivity index (χ1) is 13.1. The van der Waals surface area contributed by atoms with Crippen LogP contribution in [0.3, 0.4) is 0 Å². The third-order valence-electron chi connectivity index (χ3n) is 4.06. The molecule has 3 nitrogen and oxygen atoms in total. The lowest BCUT2D eigenvalue weighted by atomic mass is 9.95. The molecule has 2 rings (SSSR count). The number of benzene rings is 2. The summed E-state index contributed by atoms with van der Waals surface area (Å²) in [5.74, 6) is -3.20. The molecule has 0 aliphatic carbocycles. The summed E-state index contributed by atoms with van der Waals surface area (Å²) in [5, 5.41) is -0.373. The Balaban J connectivity index is 2.43. The van der Waals surface area contributed by atoms with Crippen molar-refractivity contribution >= 4 is 23.6 Å². The van der Waals surface area contributed by atoms with Gasteiger partial charge in [-0.25, -0.2) is 9.18 Å². The van der Waals surface area contributed by atoms with E-state index in [-0.39, 0.29) is 27.5 Å². The molecular weight excluding hydrogens is 400 g/mol. The standard InChI is InChI=1S/C20H17ClF4O3/c1-11-8-13(10-16(21)18(11)22)15(20(23,24)25)7-5-12-4-6-14(19(26)28-3)17(9-12)27-2/h4-10,15H,1-3H3/b7-5+. The number of aryl methyl sites for hydroxylation is 1. The van der Waals surface area contributed by atoms with Crippen molar-refractivity contribution in [3.63, 3.8) is 0 Å². The zero-order valence-corrected chi connectivity index (χ0v) is 16.0. The van der Waals surface area contributed by atoms with Gasteiger partial charge < -0.3 is 9.47 Å². The maximum atomic E-state index is 13.7. The fraction of sp³-hybridized carbons (Fsp3) is 0.250. The lowest BCUT2D eigenvalue weighted by molar-refractivity contribution is -0.139. The van der Waals surface area contributed by atoms with E-state index in [1.165, 1.54) is 45.4 Å². The molecule has 0 N–H and O–H groups in total. The van der Waals surface area contributed by atoms with Crippen LogP contribution in [0.15, 0.2) is 36.4 Å². The number of ether oxygens (including phenoxy) is 2.